The zero-order chi connectivity index (χ0) is 14.8. The van der Waals surface area contributed by atoms with Crippen molar-refractivity contribution in [3.05, 3.63) is 11.8 Å². The summed E-state index contributed by atoms with van der Waals surface area (Å²) in [5, 5.41) is 0.308. The number of rotatable bonds is 4. The third-order valence-electron chi connectivity index (χ3n) is 2.98. The van der Waals surface area contributed by atoms with Crippen LogP contribution in [-0.4, -0.2) is 18.2 Å². The van der Waals surface area contributed by atoms with Crippen LogP contribution in [0.4, 0.5) is 0 Å². The van der Waals surface area contributed by atoms with Crippen molar-refractivity contribution >= 4 is 25.2 Å². The van der Waals surface area contributed by atoms with E-state index in [-0.39, 0.29) is 10.7 Å². The molecule has 2 atom stereocenters. The molecule has 19 heavy (non-hydrogen) atoms. The molecule has 0 N–H and O–H groups in total. The fourth-order valence-electron chi connectivity index (χ4n) is 2.16. The van der Waals surface area contributed by atoms with Crippen molar-refractivity contribution in [2.45, 2.75) is 64.9 Å². The van der Waals surface area contributed by atoms with Crippen LogP contribution in [0.25, 0.3) is 0 Å². The van der Waals surface area contributed by atoms with Crippen molar-refractivity contribution in [1.29, 1.82) is 0 Å². The first-order chi connectivity index (χ1) is 8.48. The smallest absolute Gasteiger partial charge is 0.241 e. The van der Waals surface area contributed by atoms with Crippen molar-refractivity contribution in [3.63, 3.8) is 0 Å². The summed E-state index contributed by atoms with van der Waals surface area (Å²) in [6, 6.07) is 0. The van der Waals surface area contributed by atoms with Crippen LogP contribution >= 0.6 is 11.8 Å². The van der Waals surface area contributed by atoms with E-state index in [1.165, 1.54) is 11.8 Å². The Balaban J connectivity index is 2.60. The van der Waals surface area contributed by atoms with Gasteiger partial charge in [0.15, 0.2) is 5.12 Å². The summed E-state index contributed by atoms with van der Waals surface area (Å²) < 4.78 is 6.05. The van der Waals surface area contributed by atoms with E-state index < -0.39 is 8.32 Å². The van der Waals surface area contributed by atoms with E-state index in [0.717, 1.165) is 18.6 Å². The Morgan fingerprint density at radius 2 is 2.00 bits per heavy atom. The third-order valence-corrected chi connectivity index (χ3v) is 5.04. The molecule has 2 unspecified atom stereocenters. The zero-order valence-electron chi connectivity index (χ0n) is 13.4. The molecule has 0 saturated carbocycles. The first kappa shape index (κ1) is 16.8. The summed E-state index contributed by atoms with van der Waals surface area (Å²) in [6.07, 6.45) is 4.24. The van der Waals surface area contributed by atoms with Gasteiger partial charge in [-0.2, -0.15) is 0 Å². The van der Waals surface area contributed by atoms with E-state index >= 15 is 0 Å². The van der Waals surface area contributed by atoms with Gasteiger partial charge in [-0.15, -0.1) is 0 Å². The Labute approximate surface area is 123 Å². The molecule has 0 saturated heterocycles. The van der Waals surface area contributed by atoms with Gasteiger partial charge in [0, 0.05) is 17.1 Å². The lowest BCUT2D eigenvalue weighted by Crippen LogP contribution is -2.24. The van der Waals surface area contributed by atoms with Gasteiger partial charge in [0.05, 0.1) is 5.76 Å². The summed E-state index contributed by atoms with van der Waals surface area (Å²) in [5.41, 5.74) is 0. The van der Waals surface area contributed by atoms with Gasteiger partial charge < -0.3 is 4.43 Å². The quantitative estimate of drug-likeness (QED) is 0.696. The Morgan fingerprint density at radius 3 is 2.47 bits per heavy atom. The van der Waals surface area contributed by atoms with Crippen molar-refractivity contribution in [2.75, 3.05) is 0 Å². The van der Waals surface area contributed by atoms with Gasteiger partial charge in [-0.25, -0.2) is 0 Å². The summed E-state index contributed by atoms with van der Waals surface area (Å²) in [6.45, 7) is 14.9. The van der Waals surface area contributed by atoms with E-state index in [1.807, 2.05) is 0 Å². The second-order valence-corrected chi connectivity index (χ2v) is 13.6. The number of allylic oxidation sites excluding steroid dienone is 2. The predicted molar refractivity (Wildman–Crippen MR) is 86.8 cm³/mol. The first-order valence-corrected chi connectivity index (χ1v) is 11.3. The molecule has 1 aliphatic carbocycles. The van der Waals surface area contributed by atoms with Crippen molar-refractivity contribution in [3.8, 4) is 0 Å². The zero-order valence-corrected chi connectivity index (χ0v) is 15.2. The molecule has 0 spiro atoms. The van der Waals surface area contributed by atoms with Gasteiger partial charge >= 0.3 is 0 Å². The average Bonchev–Trinajstić information content (AvgIpc) is 2.59. The maximum Gasteiger partial charge on any atom is 0.241 e. The molecule has 1 aliphatic rings. The normalized spacial score (nSPS) is 22.1. The van der Waals surface area contributed by atoms with Crippen LogP contribution in [0, 0.1) is 11.8 Å². The average molecular weight is 301 g/mol. The largest absolute Gasteiger partial charge is 0.548 e. The van der Waals surface area contributed by atoms with Gasteiger partial charge in [-0.1, -0.05) is 39.5 Å². The minimum Gasteiger partial charge on any atom is -0.548 e. The lowest BCUT2D eigenvalue weighted by atomic mass is 9.95. The van der Waals surface area contributed by atoms with Crippen LogP contribution in [0.1, 0.15) is 40.5 Å². The van der Waals surface area contributed by atoms with Crippen LogP contribution in [0.15, 0.2) is 11.8 Å². The SMILES string of the molecule is CC(C(=O)SC(C)(C)C)C1C=C(O[Si](C)(C)C)CC1. The molecule has 0 aromatic rings. The maximum absolute atomic E-state index is 12.2. The van der Waals surface area contributed by atoms with Crippen LogP contribution in [0.5, 0.6) is 0 Å². The molecule has 0 aliphatic heterocycles. The van der Waals surface area contributed by atoms with Gasteiger partial charge in [-0.05, 0) is 38.1 Å². The molecule has 4 heteroatoms. The summed E-state index contributed by atoms with van der Waals surface area (Å²) in [5.74, 6) is 1.56. The maximum atomic E-state index is 12.2. The van der Waals surface area contributed by atoms with E-state index in [4.69, 9.17) is 4.43 Å². The molecule has 110 valence electrons. The Bertz CT molecular complexity index is 363. The molecule has 0 fully saturated rings. The number of hydrogen-bond donors (Lipinski definition) is 0. The molecule has 0 radical (unpaired) electrons. The minimum absolute atomic E-state index is 0.00527. The topological polar surface area (TPSA) is 26.3 Å². The Kier molecular flexibility index (Phi) is 5.35. The number of carbonyl (C=O) groups excluding carboxylic acids is 1. The van der Waals surface area contributed by atoms with Crippen LogP contribution in [-0.2, 0) is 9.22 Å². The van der Waals surface area contributed by atoms with Gasteiger partial charge in [-0.3, -0.25) is 4.79 Å². The lowest BCUT2D eigenvalue weighted by Gasteiger charge is -2.21. The molecular formula is C15H28O2SSi. The second kappa shape index (κ2) is 6.04. The highest BCUT2D eigenvalue weighted by atomic mass is 32.2. The highest BCUT2D eigenvalue weighted by Crippen LogP contribution is 2.36. The number of hydrogen-bond acceptors (Lipinski definition) is 3. The summed E-state index contributed by atoms with van der Waals surface area (Å²) in [4.78, 5) is 12.2. The monoisotopic (exact) mass is 300 g/mol. The van der Waals surface area contributed by atoms with Crippen LogP contribution in [0.3, 0.4) is 0 Å². The number of thioether (sulfide) groups is 1. The molecule has 1 rings (SSSR count). The molecule has 0 bridgehead atoms. The Hall–Kier alpha value is -0.223. The van der Waals surface area contributed by atoms with E-state index in [2.05, 4.69) is 53.4 Å². The van der Waals surface area contributed by atoms with Crippen molar-refractivity contribution in [1.82, 2.24) is 0 Å². The lowest BCUT2D eigenvalue weighted by molar-refractivity contribution is -0.114. The van der Waals surface area contributed by atoms with Crippen LogP contribution < -0.4 is 0 Å². The van der Waals surface area contributed by atoms with Gasteiger partial charge in [0.2, 0.25) is 8.32 Å². The Morgan fingerprint density at radius 1 is 1.42 bits per heavy atom. The van der Waals surface area contributed by atoms with E-state index in [9.17, 15) is 4.79 Å². The molecular weight excluding hydrogens is 272 g/mol. The third kappa shape index (κ3) is 6.17. The highest BCUT2D eigenvalue weighted by Gasteiger charge is 2.31. The fraction of sp³-hybridized carbons (Fsp3) is 0.800. The number of carbonyl (C=O) groups is 1. The highest BCUT2D eigenvalue weighted by molar-refractivity contribution is 8.14. The molecule has 0 aromatic heterocycles. The van der Waals surface area contributed by atoms with E-state index in [1.54, 1.807) is 0 Å². The van der Waals surface area contributed by atoms with Crippen molar-refractivity contribution < 1.29 is 9.22 Å². The molecule has 0 amide bonds. The summed E-state index contributed by atoms with van der Waals surface area (Å²) >= 11 is 1.47. The minimum atomic E-state index is -1.51. The van der Waals surface area contributed by atoms with Gasteiger partial charge in [0.25, 0.3) is 0 Å². The molecule has 0 aromatic carbocycles. The van der Waals surface area contributed by atoms with Gasteiger partial charge in [0.1, 0.15) is 0 Å². The second-order valence-electron chi connectivity index (χ2n) is 7.37. The fourth-order valence-corrected chi connectivity index (χ4v) is 4.08. The predicted octanol–water partition coefficient (Wildman–Crippen LogP) is 4.83. The molecule has 2 nitrogen and oxygen atoms in total. The van der Waals surface area contributed by atoms with Crippen LogP contribution in [0.2, 0.25) is 19.6 Å². The van der Waals surface area contributed by atoms with Crippen molar-refractivity contribution in [2.24, 2.45) is 11.8 Å². The summed E-state index contributed by atoms with van der Waals surface area (Å²) in [7, 11) is -1.51. The standard InChI is InChI=1S/C15H28O2SSi/c1-11(14(16)18-15(2,3)4)12-8-9-13(10-12)17-19(5,6)7/h10-12H,8-9H2,1-7H3. The molecule has 0 heterocycles. The first-order valence-electron chi connectivity index (χ1n) is 7.10. The van der Waals surface area contributed by atoms with E-state index in [0.29, 0.717) is 11.0 Å².